The lowest BCUT2D eigenvalue weighted by Gasteiger charge is -2.58. The molecule has 3 aliphatic carbocycles. The van der Waals surface area contributed by atoms with Crippen molar-refractivity contribution in [1.82, 2.24) is 16.0 Å². The summed E-state index contributed by atoms with van der Waals surface area (Å²) >= 11 is 0. The Bertz CT molecular complexity index is 648. The lowest BCUT2D eigenvalue weighted by atomic mass is 9.51. The molecule has 170 valence electrons. The van der Waals surface area contributed by atoms with E-state index in [1.165, 1.54) is 90.4 Å². The van der Waals surface area contributed by atoms with Gasteiger partial charge in [-0.25, -0.2) is 0 Å². The Balaban J connectivity index is 1.20. The highest BCUT2D eigenvalue weighted by atomic mass is 15.2. The van der Waals surface area contributed by atoms with Gasteiger partial charge in [-0.1, -0.05) is 33.6 Å². The summed E-state index contributed by atoms with van der Waals surface area (Å²) < 4.78 is 0. The van der Waals surface area contributed by atoms with Gasteiger partial charge >= 0.3 is 0 Å². The first-order chi connectivity index (χ1) is 14.4. The van der Waals surface area contributed by atoms with Crippen LogP contribution in [0.4, 0.5) is 0 Å². The van der Waals surface area contributed by atoms with Crippen molar-refractivity contribution in [3.05, 3.63) is 0 Å². The quantitative estimate of drug-likeness (QED) is 0.581. The van der Waals surface area contributed by atoms with Gasteiger partial charge in [0.25, 0.3) is 0 Å². The van der Waals surface area contributed by atoms with E-state index in [4.69, 9.17) is 0 Å². The first-order valence-corrected chi connectivity index (χ1v) is 13.6. The van der Waals surface area contributed by atoms with E-state index in [1.807, 2.05) is 0 Å². The van der Waals surface area contributed by atoms with Gasteiger partial charge in [0.05, 0.1) is 0 Å². The fourth-order valence-electron chi connectivity index (χ4n) is 9.57. The third kappa shape index (κ3) is 3.24. The molecule has 3 aliphatic heterocycles. The highest BCUT2D eigenvalue weighted by Crippen LogP contribution is 2.59. The van der Waals surface area contributed by atoms with Crippen molar-refractivity contribution in [2.24, 2.45) is 46.3 Å². The Labute approximate surface area is 185 Å². The van der Waals surface area contributed by atoms with Gasteiger partial charge in [-0.15, -0.1) is 0 Å². The molecular weight excluding hydrogens is 366 g/mol. The molecule has 0 radical (unpaired) electrons. The average Bonchev–Trinajstić information content (AvgIpc) is 3.38. The summed E-state index contributed by atoms with van der Waals surface area (Å²) in [4.78, 5) is 0. The smallest absolute Gasteiger partial charge is 0.0353 e. The molecule has 0 bridgehead atoms. The maximum Gasteiger partial charge on any atom is 0.0353 e. The summed E-state index contributed by atoms with van der Waals surface area (Å²) in [7, 11) is 0. The van der Waals surface area contributed by atoms with Crippen LogP contribution in [0.25, 0.3) is 0 Å². The van der Waals surface area contributed by atoms with Crippen molar-refractivity contribution >= 4 is 0 Å². The van der Waals surface area contributed by atoms with E-state index in [1.54, 1.807) is 0 Å². The predicted molar refractivity (Wildman–Crippen MR) is 124 cm³/mol. The number of nitrogens with one attached hydrogen (secondary N) is 3. The molecule has 3 N–H and O–H groups in total. The monoisotopic (exact) mass is 413 g/mol. The van der Waals surface area contributed by atoms with Crippen LogP contribution in [0.2, 0.25) is 0 Å². The molecule has 6 aliphatic rings. The molecule has 6 fully saturated rings. The fraction of sp³-hybridized carbons (Fsp3) is 1.00. The molecule has 6 rings (SSSR count). The second kappa shape index (κ2) is 7.19. The minimum atomic E-state index is 0.483. The summed E-state index contributed by atoms with van der Waals surface area (Å²) in [6, 6.07) is 0.770. The average molecular weight is 414 g/mol. The first kappa shape index (κ1) is 20.5. The topological polar surface area (TPSA) is 46.0 Å². The Morgan fingerprint density at radius 2 is 1.57 bits per heavy atom. The molecule has 9 unspecified atom stereocenters. The summed E-state index contributed by atoms with van der Waals surface area (Å²) in [5.41, 5.74) is 1.82. The largest absolute Gasteiger partial charge is 0.316 e. The van der Waals surface area contributed by atoms with Gasteiger partial charge in [0.15, 0.2) is 0 Å². The van der Waals surface area contributed by atoms with E-state index in [2.05, 4.69) is 36.7 Å². The second-order valence-corrected chi connectivity index (χ2v) is 13.5. The fourth-order valence-corrected chi connectivity index (χ4v) is 9.57. The Morgan fingerprint density at radius 1 is 0.767 bits per heavy atom. The van der Waals surface area contributed by atoms with E-state index in [0.29, 0.717) is 16.4 Å². The molecule has 3 heterocycles. The van der Waals surface area contributed by atoms with Crippen molar-refractivity contribution in [2.75, 3.05) is 26.2 Å². The number of hydrogen-bond donors (Lipinski definition) is 3. The number of rotatable bonds is 2. The van der Waals surface area contributed by atoms with E-state index in [9.17, 15) is 0 Å². The van der Waals surface area contributed by atoms with E-state index < -0.39 is 0 Å². The highest BCUT2D eigenvalue weighted by Gasteiger charge is 2.61. The van der Waals surface area contributed by atoms with Crippen molar-refractivity contribution in [1.29, 1.82) is 0 Å². The molecule has 3 saturated carbocycles. The maximum absolute atomic E-state index is 4.06. The molecule has 3 spiro atoms. The molecule has 0 aromatic rings. The van der Waals surface area contributed by atoms with Gasteiger partial charge in [-0.3, -0.25) is 0 Å². The highest BCUT2D eigenvalue weighted by molar-refractivity contribution is 5.18. The van der Waals surface area contributed by atoms with Crippen LogP contribution < -0.4 is 16.0 Å². The summed E-state index contributed by atoms with van der Waals surface area (Å²) in [5.74, 6) is 5.60. The van der Waals surface area contributed by atoms with E-state index in [-0.39, 0.29) is 0 Å². The van der Waals surface area contributed by atoms with Gasteiger partial charge in [0, 0.05) is 31.2 Å². The molecule has 0 aromatic carbocycles. The van der Waals surface area contributed by atoms with Crippen molar-refractivity contribution < 1.29 is 0 Å². The van der Waals surface area contributed by atoms with Crippen LogP contribution in [0.15, 0.2) is 0 Å². The van der Waals surface area contributed by atoms with Crippen LogP contribution in [-0.2, 0) is 0 Å². The first-order valence-electron chi connectivity index (χ1n) is 13.6. The van der Waals surface area contributed by atoms with Crippen LogP contribution in [0.1, 0.15) is 85.0 Å². The standard InChI is InChI=1S/C27H47N3/c1-18-5-7-26(15-28-16-26)22(10-18)21-13-27(17-30-27)23(11-20(21)3)24-14-25(8-9-29-24)6-4-19(2)12-25/h18-24,28-30H,4-17H2,1-3H3. The van der Waals surface area contributed by atoms with Crippen LogP contribution in [0, 0.1) is 46.3 Å². The van der Waals surface area contributed by atoms with Gasteiger partial charge in [0.2, 0.25) is 0 Å². The van der Waals surface area contributed by atoms with E-state index >= 15 is 0 Å². The van der Waals surface area contributed by atoms with Crippen LogP contribution >= 0.6 is 0 Å². The van der Waals surface area contributed by atoms with Crippen LogP contribution in [0.5, 0.6) is 0 Å². The molecule has 3 nitrogen and oxygen atoms in total. The number of hydrogen-bond acceptors (Lipinski definition) is 3. The Morgan fingerprint density at radius 3 is 2.23 bits per heavy atom. The van der Waals surface area contributed by atoms with Crippen molar-refractivity contribution in [3.63, 3.8) is 0 Å². The van der Waals surface area contributed by atoms with Gasteiger partial charge < -0.3 is 16.0 Å². The maximum atomic E-state index is 4.06. The zero-order valence-corrected chi connectivity index (χ0v) is 19.9. The summed E-state index contributed by atoms with van der Waals surface area (Å²) in [6.45, 7) is 12.9. The van der Waals surface area contributed by atoms with Gasteiger partial charge in [-0.2, -0.15) is 0 Å². The third-order valence-corrected chi connectivity index (χ3v) is 11.5. The van der Waals surface area contributed by atoms with Gasteiger partial charge in [-0.05, 0) is 104 Å². The second-order valence-electron chi connectivity index (χ2n) is 13.5. The normalized spacial score (nSPS) is 55.1. The predicted octanol–water partition coefficient (Wildman–Crippen LogP) is 4.57. The summed E-state index contributed by atoms with van der Waals surface area (Å²) in [6.07, 6.45) is 14.8. The van der Waals surface area contributed by atoms with Crippen molar-refractivity contribution in [3.8, 4) is 0 Å². The minimum absolute atomic E-state index is 0.483. The summed E-state index contributed by atoms with van der Waals surface area (Å²) in [5, 5.41) is 11.7. The zero-order chi connectivity index (χ0) is 20.6. The third-order valence-electron chi connectivity index (χ3n) is 11.5. The molecule has 3 saturated heterocycles. The van der Waals surface area contributed by atoms with Crippen LogP contribution in [0.3, 0.4) is 0 Å². The van der Waals surface area contributed by atoms with E-state index in [0.717, 1.165) is 41.5 Å². The molecule has 0 aromatic heterocycles. The number of piperidine rings is 1. The Kier molecular flexibility index (Phi) is 4.91. The lowest BCUT2D eigenvalue weighted by molar-refractivity contribution is -0.0601. The lowest BCUT2D eigenvalue weighted by Crippen LogP contribution is -2.63. The zero-order valence-electron chi connectivity index (χ0n) is 19.9. The SMILES string of the molecule is CC1CCC2(CNC2)C(C2CC3(CN3)C(C3CC4(CCN3)CCC(C)C4)CC2C)C1. The van der Waals surface area contributed by atoms with Crippen molar-refractivity contribution in [2.45, 2.75) is 96.6 Å². The molecular formula is C27H47N3. The molecule has 3 heteroatoms. The molecule has 30 heavy (non-hydrogen) atoms. The molecule has 9 atom stereocenters. The Hall–Kier alpha value is -0.120. The molecule has 0 amide bonds. The van der Waals surface area contributed by atoms with Gasteiger partial charge in [0.1, 0.15) is 0 Å². The minimum Gasteiger partial charge on any atom is -0.316 e. The van der Waals surface area contributed by atoms with Crippen LogP contribution in [-0.4, -0.2) is 37.8 Å².